The summed E-state index contributed by atoms with van der Waals surface area (Å²) >= 11 is 0. The molecule has 0 fully saturated rings. The summed E-state index contributed by atoms with van der Waals surface area (Å²) in [7, 11) is 0. The van der Waals surface area contributed by atoms with Crippen LogP contribution < -0.4 is 21.7 Å². The number of hydrogen-bond acceptors (Lipinski definition) is 6. The molecule has 0 radical (unpaired) electrons. The summed E-state index contributed by atoms with van der Waals surface area (Å²) in [6.07, 6.45) is -0.522. The number of hydrogen-bond donors (Lipinski definition) is 6. The molecular formula is C18H34N4O6. The van der Waals surface area contributed by atoms with Gasteiger partial charge in [-0.2, -0.15) is 0 Å². The van der Waals surface area contributed by atoms with E-state index in [1.807, 2.05) is 6.92 Å². The third-order valence-corrected chi connectivity index (χ3v) is 4.60. The van der Waals surface area contributed by atoms with E-state index in [0.29, 0.717) is 6.42 Å². The lowest BCUT2D eigenvalue weighted by Crippen LogP contribution is -2.59. The van der Waals surface area contributed by atoms with Crippen molar-refractivity contribution in [3.05, 3.63) is 0 Å². The van der Waals surface area contributed by atoms with E-state index in [1.165, 1.54) is 13.8 Å². The van der Waals surface area contributed by atoms with Gasteiger partial charge in [-0.1, -0.05) is 34.1 Å². The summed E-state index contributed by atoms with van der Waals surface area (Å²) in [6.45, 7) is 9.68. The smallest absolute Gasteiger partial charge is 0.326 e. The van der Waals surface area contributed by atoms with Gasteiger partial charge in [-0.05, 0) is 25.7 Å². The second-order valence-electron chi connectivity index (χ2n) is 7.44. The first-order chi connectivity index (χ1) is 12.8. The molecule has 28 heavy (non-hydrogen) atoms. The number of carboxylic acids is 1. The fourth-order valence-electron chi connectivity index (χ4n) is 2.33. The van der Waals surface area contributed by atoms with E-state index in [2.05, 4.69) is 16.0 Å². The van der Waals surface area contributed by atoms with E-state index in [0.717, 1.165) is 0 Å². The van der Waals surface area contributed by atoms with Crippen molar-refractivity contribution < 1.29 is 29.4 Å². The molecule has 6 atom stereocenters. The van der Waals surface area contributed by atoms with Crippen molar-refractivity contribution >= 4 is 23.7 Å². The van der Waals surface area contributed by atoms with Crippen LogP contribution in [0.3, 0.4) is 0 Å². The van der Waals surface area contributed by atoms with Gasteiger partial charge in [0.2, 0.25) is 17.7 Å². The molecule has 0 heterocycles. The van der Waals surface area contributed by atoms with E-state index in [1.54, 1.807) is 20.8 Å². The van der Waals surface area contributed by atoms with Gasteiger partial charge in [-0.25, -0.2) is 4.79 Å². The summed E-state index contributed by atoms with van der Waals surface area (Å²) in [5.41, 5.74) is 5.60. The van der Waals surface area contributed by atoms with Crippen molar-refractivity contribution in [1.82, 2.24) is 16.0 Å². The maximum atomic E-state index is 12.6. The van der Waals surface area contributed by atoms with E-state index in [-0.39, 0.29) is 11.8 Å². The molecule has 0 bridgehead atoms. The molecule has 0 aromatic rings. The van der Waals surface area contributed by atoms with Crippen LogP contribution in [0.4, 0.5) is 0 Å². The number of nitrogens with two attached hydrogens (primary N) is 1. The molecule has 10 nitrogen and oxygen atoms in total. The zero-order valence-electron chi connectivity index (χ0n) is 17.4. The second-order valence-corrected chi connectivity index (χ2v) is 7.44. The number of carbonyl (C=O) groups excluding carboxylic acids is 3. The van der Waals surface area contributed by atoms with Crippen LogP contribution in [0.1, 0.15) is 48.0 Å². The summed E-state index contributed by atoms with van der Waals surface area (Å²) in [6, 6.07) is -4.25. The molecule has 0 aliphatic rings. The fraction of sp³-hybridized carbons (Fsp3) is 0.778. The number of carboxylic acid groups (broad SMARTS) is 1. The molecule has 162 valence electrons. The molecule has 10 heteroatoms. The topological polar surface area (TPSA) is 171 Å². The Labute approximate surface area is 165 Å². The molecule has 7 N–H and O–H groups in total. The Morgan fingerprint density at radius 2 is 1.36 bits per heavy atom. The molecule has 0 saturated carbocycles. The van der Waals surface area contributed by atoms with Gasteiger partial charge in [-0.3, -0.25) is 14.4 Å². The lowest BCUT2D eigenvalue weighted by molar-refractivity contribution is -0.143. The lowest BCUT2D eigenvalue weighted by atomic mass is 9.97. The van der Waals surface area contributed by atoms with E-state index < -0.39 is 54.0 Å². The van der Waals surface area contributed by atoms with E-state index in [9.17, 15) is 24.3 Å². The minimum Gasteiger partial charge on any atom is -0.480 e. The van der Waals surface area contributed by atoms with Crippen LogP contribution in [0, 0.1) is 11.8 Å². The van der Waals surface area contributed by atoms with Crippen LogP contribution in [-0.4, -0.2) is 64.2 Å². The number of aliphatic carboxylic acids is 1. The Balaban J connectivity index is 5.13. The molecular weight excluding hydrogens is 368 g/mol. The van der Waals surface area contributed by atoms with Gasteiger partial charge in [-0.15, -0.1) is 0 Å². The van der Waals surface area contributed by atoms with E-state index >= 15 is 0 Å². The maximum Gasteiger partial charge on any atom is 0.326 e. The molecule has 0 aliphatic heterocycles. The number of carbonyl (C=O) groups is 4. The highest BCUT2D eigenvalue weighted by Gasteiger charge is 2.32. The zero-order valence-corrected chi connectivity index (χ0v) is 17.4. The quantitative estimate of drug-likeness (QED) is 0.256. The summed E-state index contributed by atoms with van der Waals surface area (Å²) in [4.78, 5) is 48.2. The molecule has 0 aliphatic carbocycles. The van der Waals surface area contributed by atoms with Crippen LogP contribution in [0.2, 0.25) is 0 Å². The first-order valence-electron chi connectivity index (χ1n) is 9.40. The predicted octanol–water partition coefficient (Wildman–Crippen LogP) is -1.04. The monoisotopic (exact) mass is 402 g/mol. The molecule has 0 spiro atoms. The van der Waals surface area contributed by atoms with Crippen LogP contribution in [-0.2, 0) is 19.2 Å². The van der Waals surface area contributed by atoms with E-state index in [4.69, 9.17) is 10.8 Å². The van der Waals surface area contributed by atoms with Gasteiger partial charge in [0, 0.05) is 0 Å². The van der Waals surface area contributed by atoms with Gasteiger partial charge < -0.3 is 31.9 Å². The Morgan fingerprint density at radius 3 is 1.75 bits per heavy atom. The minimum atomic E-state index is -1.19. The minimum absolute atomic E-state index is 0.261. The van der Waals surface area contributed by atoms with Crippen LogP contribution in [0.25, 0.3) is 0 Å². The van der Waals surface area contributed by atoms with Crippen LogP contribution >= 0.6 is 0 Å². The van der Waals surface area contributed by atoms with Crippen LogP contribution in [0.5, 0.6) is 0 Å². The van der Waals surface area contributed by atoms with Crippen molar-refractivity contribution in [3.63, 3.8) is 0 Å². The van der Waals surface area contributed by atoms with Gasteiger partial charge >= 0.3 is 5.97 Å². The largest absolute Gasteiger partial charge is 0.480 e. The normalized spacial score (nSPS) is 17.6. The lowest BCUT2D eigenvalue weighted by Gasteiger charge is -2.27. The van der Waals surface area contributed by atoms with Crippen molar-refractivity contribution in [1.29, 1.82) is 0 Å². The number of aliphatic hydroxyl groups is 1. The number of aliphatic hydroxyl groups excluding tert-OH is 1. The number of nitrogens with one attached hydrogen (secondary N) is 3. The third kappa shape index (κ3) is 7.81. The Morgan fingerprint density at radius 1 is 0.857 bits per heavy atom. The summed E-state index contributed by atoms with van der Waals surface area (Å²) in [5.74, 6) is -3.69. The Bertz CT molecular complexity index is 566. The standard InChI is InChI=1S/C18H34N4O6/c1-7-9(4)14(22-16(25)12(19)11(6)23)17(26)20-10(5)15(24)21-13(8(2)3)18(27)28/h8-14,23H,7,19H2,1-6H3,(H,20,26)(H,21,24)(H,22,25)(H,27,28). The highest BCUT2D eigenvalue weighted by molar-refractivity contribution is 5.94. The van der Waals surface area contributed by atoms with Crippen molar-refractivity contribution in [3.8, 4) is 0 Å². The predicted molar refractivity (Wildman–Crippen MR) is 103 cm³/mol. The van der Waals surface area contributed by atoms with Crippen molar-refractivity contribution in [2.45, 2.75) is 78.2 Å². The van der Waals surface area contributed by atoms with Gasteiger partial charge in [0.25, 0.3) is 0 Å². The first-order valence-corrected chi connectivity index (χ1v) is 9.40. The highest BCUT2D eigenvalue weighted by atomic mass is 16.4. The molecule has 0 aromatic carbocycles. The highest BCUT2D eigenvalue weighted by Crippen LogP contribution is 2.09. The zero-order chi connectivity index (χ0) is 22.2. The molecule has 3 amide bonds. The molecule has 0 aromatic heterocycles. The first kappa shape index (κ1) is 25.8. The third-order valence-electron chi connectivity index (χ3n) is 4.60. The Hall–Kier alpha value is -2.20. The van der Waals surface area contributed by atoms with Crippen molar-refractivity contribution in [2.75, 3.05) is 0 Å². The molecule has 0 rings (SSSR count). The number of amides is 3. The average Bonchev–Trinajstić information content (AvgIpc) is 2.61. The number of rotatable bonds is 11. The molecule has 0 saturated heterocycles. The summed E-state index contributed by atoms with van der Waals surface area (Å²) in [5, 5.41) is 26.0. The average molecular weight is 402 g/mol. The van der Waals surface area contributed by atoms with Gasteiger partial charge in [0.1, 0.15) is 24.2 Å². The SMILES string of the molecule is CCC(C)C(NC(=O)C(N)C(C)O)C(=O)NC(C)C(=O)NC(C(=O)O)C(C)C. The van der Waals surface area contributed by atoms with Crippen molar-refractivity contribution in [2.24, 2.45) is 17.6 Å². The van der Waals surface area contributed by atoms with Gasteiger partial charge in [0.15, 0.2) is 0 Å². The van der Waals surface area contributed by atoms with Gasteiger partial charge in [0.05, 0.1) is 6.10 Å². The fourth-order valence-corrected chi connectivity index (χ4v) is 2.33. The second kappa shape index (κ2) is 11.6. The Kier molecular flexibility index (Phi) is 10.7. The van der Waals surface area contributed by atoms with Crippen LogP contribution in [0.15, 0.2) is 0 Å². The summed E-state index contributed by atoms with van der Waals surface area (Å²) < 4.78 is 0. The maximum absolute atomic E-state index is 12.6. The molecule has 6 unspecified atom stereocenters.